The number of hydrogen-bond acceptors (Lipinski definition) is 9. The third-order valence-corrected chi connectivity index (χ3v) is 4.87. The van der Waals surface area contributed by atoms with Crippen LogP contribution in [0.15, 0.2) is 23.3 Å². The van der Waals surface area contributed by atoms with Gasteiger partial charge in [0.2, 0.25) is 5.60 Å². The largest absolute Gasteiger partial charge is 0.434 e. The number of ether oxygens (including phenoxy) is 2. The normalized spacial score (nSPS) is 22.9. The molecule has 0 fully saturated rings. The molecule has 3 heterocycles. The van der Waals surface area contributed by atoms with Gasteiger partial charge in [-0.1, -0.05) is 0 Å². The summed E-state index contributed by atoms with van der Waals surface area (Å²) in [6, 6.07) is 1.81. The standard InChI is InChI=1S/C18H16F7N7O3/c1-15(6-34-16(2,13(27)32-15)18(23,24)25)10-7(19)3-4-9(30-10)31-14(33)35-12-11(26)29-8(5-28-12)17(20,21)22/h3-5H,6H2,1-2H3,(H2,26,29)(H2,27,32)(H,30,31,33)/t15-,16+/m0/s1. The molecule has 17 heteroatoms. The number of nitrogens with two attached hydrogens (primary N) is 2. The summed E-state index contributed by atoms with van der Waals surface area (Å²) in [6.45, 7) is 1.11. The first-order valence-corrected chi connectivity index (χ1v) is 9.38. The molecule has 5 N–H and O–H groups in total. The molecule has 3 rings (SSSR count). The van der Waals surface area contributed by atoms with Crippen LogP contribution in [-0.4, -0.2) is 45.3 Å². The number of rotatable bonds is 3. The number of amides is 1. The maximum atomic E-state index is 14.5. The average Bonchev–Trinajstić information content (AvgIpc) is 2.72. The van der Waals surface area contributed by atoms with E-state index >= 15 is 0 Å². The van der Waals surface area contributed by atoms with Crippen LogP contribution in [0.4, 0.5) is 47.2 Å². The van der Waals surface area contributed by atoms with Gasteiger partial charge in [0.25, 0.3) is 5.88 Å². The molecule has 2 aromatic heterocycles. The van der Waals surface area contributed by atoms with Crippen LogP contribution in [0.3, 0.4) is 0 Å². The van der Waals surface area contributed by atoms with E-state index in [0.717, 1.165) is 12.1 Å². The highest BCUT2D eigenvalue weighted by Gasteiger charge is 2.59. The Morgan fingerprint density at radius 2 is 1.80 bits per heavy atom. The Balaban J connectivity index is 1.82. The first kappa shape index (κ1) is 25.9. The Hall–Kier alpha value is -3.76. The number of carbonyl (C=O) groups excluding carboxylic acids is 1. The Bertz CT molecular complexity index is 1190. The number of hydrogen-bond donors (Lipinski definition) is 3. The predicted octanol–water partition coefficient (Wildman–Crippen LogP) is 3.15. The van der Waals surface area contributed by atoms with Crippen molar-refractivity contribution in [2.75, 3.05) is 17.7 Å². The van der Waals surface area contributed by atoms with Gasteiger partial charge in [-0.2, -0.15) is 26.3 Å². The molecule has 35 heavy (non-hydrogen) atoms. The van der Waals surface area contributed by atoms with Crippen molar-refractivity contribution in [3.63, 3.8) is 0 Å². The number of nitrogen functional groups attached to an aromatic ring is 1. The third-order valence-electron chi connectivity index (χ3n) is 4.87. The highest BCUT2D eigenvalue weighted by Crippen LogP contribution is 2.41. The molecular formula is C18H16F7N7O3. The Morgan fingerprint density at radius 1 is 1.14 bits per heavy atom. The third kappa shape index (κ3) is 5.03. The lowest BCUT2D eigenvalue weighted by Crippen LogP contribution is -2.60. The van der Waals surface area contributed by atoms with Gasteiger partial charge in [0.15, 0.2) is 11.5 Å². The number of nitrogens with zero attached hydrogens (tertiary/aromatic N) is 4. The van der Waals surface area contributed by atoms with Gasteiger partial charge in [0, 0.05) is 0 Å². The monoisotopic (exact) mass is 511 g/mol. The van der Waals surface area contributed by atoms with E-state index in [9.17, 15) is 35.5 Å². The van der Waals surface area contributed by atoms with E-state index in [4.69, 9.17) is 20.9 Å². The van der Waals surface area contributed by atoms with Crippen LogP contribution in [0.5, 0.6) is 5.88 Å². The second-order valence-electron chi connectivity index (χ2n) is 7.58. The van der Waals surface area contributed by atoms with Gasteiger partial charge in [-0.15, -0.1) is 0 Å². The number of amidine groups is 1. The molecule has 0 spiro atoms. The fraction of sp³-hybridized carbons (Fsp3) is 0.389. The molecule has 1 aliphatic heterocycles. The summed E-state index contributed by atoms with van der Waals surface area (Å²) in [7, 11) is 0. The SMILES string of the molecule is C[C@@]1(c2nc(NC(=O)Oc3ncc(C(F)(F)F)nc3N)ccc2F)CO[C@@](C)(C(F)(F)F)C(N)=N1. The van der Waals surface area contributed by atoms with E-state index in [0.29, 0.717) is 6.92 Å². The van der Waals surface area contributed by atoms with Crippen LogP contribution in [0, 0.1) is 5.82 Å². The quantitative estimate of drug-likeness (QED) is 0.532. The lowest BCUT2D eigenvalue weighted by molar-refractivity contribution is -0.249. The summed E-state index contributed by atoms with van der Waals surface area (Å²) in [4.78, 5) is 26.0. The number of aromatic nitrogens is 3. The molecule has 0 radical (unpaired) electrons. The van der Waals surface area contributed by atoms with Crippen molar-refractivity contribution in [3.8, 4) is 5.88 Å². The number of carbonyl (C=O) groups is 1. The van der Waals surface area contributed by atoms with E-state index in [1.807, 2.05) is 0 Å². The van der Waals surface area contributed by atoms with Gasteiger partial charge < -0.3 is 20.9 Å². The number of halogens is 7. The molecule has 0 saturated heterocycles. The summed E-state index contributed by atoms with van der Waals surface area (Å²) < 4.78 is 102. The van der Waals surface area contributed by atoms with Crippen LogP contribution in [0.2, 0.25) is 0 Å². The van der Waals surface area contributed by atoms with Gasteiger partial charge in [-0.3, -0.25) is 10.3 Å². The Kier molecular flexibility index (Phi) is 6.26. The van der Waals surface area contributed by atoms with Crippen LogP contribution >= 0.6 is 0 Å². The summed E-state index contributed by atoms with van der Waals surface area (Å²) in [5, 5.41) is 2.05. The number of alkyl halides is 6. The van der Waals surface area contributed by atoms with Crippen LogP contribution in [-0.2, 0) is 16.5 Å². The highest BCUT2D eigenvalue weighted by molar-refractivity contribution is 5.90. The maximum Gasteiger partial charge on any atom is 0.434 e. The van der Waals surface area contributed by atoms with Gasteiger partial charge in [-0.05, 0) is 26.0 Å². The van der Waals surface area contributed by atoms with Crippen LogP contribution in [0.25, 0.3) is 0 Å². The summed E-state index contributed by atoms with van der Waals surface area (Å²) in [5.41, 5.74) is 4.17. The predicted molar refractivity (Wildman–Crippen MR) is 105 cm³/mol. The molecular weight excluding hydrogens is 495 g/mol. The van der Waals surface area contributed by atoms with Crippen molar-refractivity contribution in [1.29, 1.82) is 0 Å². The average molecular weight is 511 g/mol. The topological polar surface area (TPSA) is 151 Å². The lowest BCUT2D eigenvalue weighted by atomic mass is 9.93. The summed E-state index contributed by atoms with van der Waals surface area (Å²) in [5.74, 6) is -3.92. The highest BCUT2D eigenvalue weighted by atomic mass is 19.4. The van der Waals surface area contributed by atoms with Crippen molar-refractivity contribution >= 4 is 23.6 Å². The zero-order valence-corrected chi connectivity index (χ0v) is 17.8. The Labute approximate surface area is 191 Å². The zero-order chi connectivity index (χ0) is 26.4. The van der Waals surface area contributed by atoms with Crippen molar-refractivity contribution in [1.82, 2.24) is 15.0 Å². The minimum Gasteiger partial charge on any atom is -0.387 e. The zero-order valence-electron chi connectivity index (χ0n) is 17.8. The van der Waals surface area contributed by atoms with E-state index in [1.54, 1.807) is 0 Å². The number of aliphatic imine (C=N–C) groups is 1. The molecule has 0 saturated carbocycles. The first-order valence-electron chi connectivity index (χ1n) is 9.38. The summed E-state index contributed by atoms with van der Waals surface area (Å²) in [6.07, 6.45) is -10.8. The molecule has 190 valence electrons. The van der Waals surface area contributed by atoms with E-state index < -0.39 is 70.9 Å². The van der Waals surface area contributed by atoms with Crippen molar-refractivity contribution in [3.05, 3.63) is 35.5 Å². The van der Waals surface area contributed by atoms with Gasteiger partial charge in [0.05, 0.1) is 12.8 Å². The molecule has 0 bridgehead atoms. The number of nitrogens with one attached hydrogen (secondary N) is 1. The van der Waals surface area contributed by atoms with Crippen molar-refractivity contribution in [2.24, 2.45) is 10.7 Å². The fourth-order valence-electron chi connectivity index (χ4n) is 2.83. The second kappa shape index (κ2) is 8.47. The second-order valence-corrected chi connectivity index (χ2v) is 7.58. The van der Waals surface area contributed by atoms with Crippen LogP contribution in [0.1, 0.15) is 25.2 Å². The first-order chi connectivity index (χ1) is 16.0. The van der Waals surface area contributed by atoms with Gasteiger partial charge in [0.1, 0.15) is 28.7 Å². The van der Waals surface area contributed by atoms with E-state index in [-0.39, 0.29) is 12.0 Å². The summed E-state index contributed by atoms with van der Waals surface area (Å²) >= 11 is 0. The van der Waals surface area contributed by atoms with Crippen LogP contribution < -0.4 is 21.5 Å². The maximum absolute atomic E-state index is 14.5. The smallest absolute Gasteiger partial charge is 0.387 e. The van der Waals surface area contributed by atoms with E-state index in [1.165, 1.54) is 6.92 Å². The number of pyridine rings is 1. The van der Waals surface area contributed by atoms with Gasteiger partial charge in [-0.25, -0.2) is 24.1 Å². The minimum absolute atomic E-state index is 0.286. The fourth-order valence-corrected chi connectivity index (χ4v) is 2.83. The van der Waals surface area contributed by atoms with E-state index in [2.05, 4.69) is 25.3 Å². The van der Waals surface area contributed by atoms with Crippen molar-refractivity contribution < 1.29 is 45.0 Å². The van der Waals surface area contributed by atoms with Crippen molar-refractivity contribution in [2.45, 2.75) is 37.3 Å². The molecule has 1 aliphatic rings. The molecule has 2 atom stereocenters. The molecule has 0 aromatic carbocycles. The molecule has 0 aliphatic carbocycles. The molecule has 10 nitrogen and oxygen atoms in total. The van der Waals surface area contributed by atoms with Gasteiger partial charge >= 0.3 is 18.4 Å². The minimum atomic E-state index is -4.90. The lowest BCUT2D eigenvalue weighted by Gasteiger charge is -2.40. The molecule has 1 amide bonds. The molecule has 0 unspecified atom stereocenters. The Morgan fingerprint density at radius 3 is 2.34 bits per heavy atom. The number of anilines is 2. The molecule has 2 aromatic rings.